The summed E-state index contributed by atoms with van der Waals surface area (Å²) >= 11 is 0. The number of rotatable bonds is 6. The number of anilines is 1. The number of carbonyl (C=O) groups excluding carboxylic acids is 1. The number of nitrogens with zero attached hydrogens (tertiary/aromatic N) is 2. The monoisotopic (exact) mass is 341 g/mol. The van der Waals surface area contributed by atoms with Gasteiger partial charge in [0.25, 0.3) is 5.91 Å². The quantitative estimate of drug-likeness (QED) is 0.875. The van der Waals surface area contributed by atoms with Gasteiger partial charge in [-0.15, -0.1) is 0 Å². The van der Waals surface area contributed by atoms with Crippen molar-refractivity contribution in [3.63, 3.8) is 0 Å². The van der Waals surface area contributed by atoms with Crippen molar-refractivity contribution in [3.05, 3.63) is 48.2 Å². The van der Waals surface area contributed by atoms with Crippen molar-refractivity contribution >= 4 is 11.6 Å². The molecule has 0 spiro atoms. The number of benzene rings is 1. The Bertz CT molecular complexity index is 735. The fourth-order valence-electron chi connectivity index (χ4n) is 3.07. The fourth-order valence-corrected chi connectivity index (χ4v) is 3.07. The largest absolute Gasteiger partial charge is 0.495 e. The number of para-hydroxylation sites is 2. The Labute approximate surface area is 147 Å². The highest BCUT2D eigenvalue weighted by atomic mass is 16.5. The van der Waals surface area contributed by atoms with Gasteiger partial charge in [0.1, 0.15) is 11.3 Å². The molecule has 1 fully saturated rings. The van der Waals surface area contributed by atoms with E-state index in [9.17, 15) is 4.79 Å². The molecule has 0 aliphatic carbocycles. The van der Waals surface area contributed by atoms with E-state index in [1.165, 1.54) is 0 Å². The van der Waals surface area contributed by atoms with Crippen LogP contribution < -0.4 is 19.7 Å². The zero-order valence-corrected chi connectivity index (χ0v) is 14.6. The van der Waals surface area contributed by atoms with Crippen molar-refractivity contribution in [2.45, 2.75) is 19.4 Å². The minimum Gasteiger partial charge on any atom is -0.495 e. The second-order valence-corrected chi connectivity index (χ2v) is 5.87. The van der Waals surface area contributed by atoms with Crippen LogP contribution in [0.4, 0.5) is 5.69 Å². The molecule has 132 valence electrons. The van der Waals surface area contributed by atoms with Gasteiger partial charge in [0, 0.05) is 25.3 Å². The molecule has 1 N–H and O–H groups in total. The summed E-state index contributed by atoms with van der Waals surface area (Å²) in [6, 6.07) is 11.5. The zero-order chi connectivity index (χ0) is 17.6. The van der Waals surface area contributed by atoms with Crippen LogP contribution in [-0.4, -0.2) is 43.7 Å². The van der Waals surface area contributed by atoms with E-state index in [1.54, 1.807) is 25.4 Å². The minimum atomic E-state index is -0.150. The number of hydrogen-bond donors (Lipinski definition) is 1. The topological polar surface area (TPSA) is 63.7 Å². The molecule has 1 saturated heterocycles. The van der Waals surface area contributed by atoms with Gasteiger partial charge in [-0.1, -0.05) is 12.1 Å². The molecule has 1 aromatic heterocycles. The lowest BCUT2D eigenvalue weighted by Gasteiger charge is -2.21. The molecular formula is C19H23N3O3. The van der Waals surface area contributed by atoms with Gasteiger partial charge >= 0.3 is 0 Å². The maximum Gasteiger partial charge on any atom is 0.257 e. The van der Waals surface area contributed by atoms with Gasteiger partial charge in [0.2, 0.25) is 5.88 Å². The first-order valence-electron chi connectivity index (χ1n) is 8.49. The van der Waals surface area contributed by atoms with Crippen molar-refractivity contribution in [2.24, 2.45) is 0 Å². The molecule has 6 heteroatoms. The third kappa shape index (κ3) is 3.84. The van der Waals surface area contributed by atoms with Crippen LogP contribution in [0, 0.1) is 0 Å². The van der Waals surface area contributed by atoms with Crippen molar-refractivity contribution < 1.29 is 14.3 Å². The first-order chi connectivity index (χ1) is 12.2. The van der Waals surface area contributed by atoms with Gasteiger partial charge in [-0.3, -0.25) is 4.79 Å². The molecule has 0 bridgehead atoms. The van der Waals surface area contributed by atoms with E-state index in [0.29, 0.717) is 18.1 Å². The summed E-state index contributed by atoms with van der Waals surface area (Å²) < 4.78 is 10.9. The Hall–Kier alpha value is -2.76. The summed E-state index contributed by atoms with van der Waals surface area (Å²) in [6.45, 7) is 3.97. The number of hydrogen-bond acceptors (Lipinski definition) is 5. The fraction of sp³-hybridized carbons (Fsp3) is 0.368. The number of aromatic nitrogens is 1. The summed E-state index contributed by atoms with van der Waals surface area (Å²) in [5.74, 6) is 1.07. The lowest BCUT2D eigenvalue weighted by atomic mass is 10.2. The highest BCUT2D eigenvalue weighted by Gasteiger charge is 2.27. The number of methoxy groups -OCH3 is 1. The molecule has 1 unspecified atom stereocenters. The molecule has 1 atom stereocenters. The van der Waals surface area contributed by atoms with Crippen LogP contribution >= 0.6 is 0 Å². The lowest BCUT2D eigenvalue weighted by Crippen LogP contribution is -2.37. The summed E-state index contributed by atoms with van der Waals surface area (Å²) in [5, 5.41) is 3.09. The molecule has 2 aromatic rings. The molecule has 6 nitrogen and oxygen atoms in total. The van der Waals surface area contributed by atoms with Gasteiger partial charge in [-0.2, -0.15) is 0 Å². The summed E-state index contributed by atoms with van der Waals surface area (Å²) in [5.41, 5.74) is 1.53. The normalized spacial score (nSPS) is 16.6. The van der Waals surface area contributed by atoms with Crippen LogP contribution in [0.2, 0.25) is 0 Å². The molecule has 25 heavy (non-hydrogen) atoms. The second-order valence-electron chi connectivity index (χ2n) is 5.87. The van der Waals surface area contributed by atoms with Crippen molar-refractivity contribution in [3.8, 4) is 11.6 Å². The van der Waals surface area contributed by atoms with Gasteiger partial charge in [0.05, 0.1) is 19.4 Å². The van der Waals surface area contributed by atoms with Crippen LogP contribution in [0.25, 0.3) is 0 Å². The smallest absolute Gasteiger partial charge is 0.257 e. The molecular weight excluding hydrogens is 318 g/mol. The summed E-state index contributed by atoms with van der Waals surface area (Å²) in [7, 11) is 1.67. The van der Waals surface area contributed by atoms with Crippen molar-refractivity contribution in [1.82, 2.24) is 10.3 Å². The number of pyridine rings is 1. The Balaban J connectivity index is 1.66. The highest BCUT2D eigenvalue weighted by Crippen LogP contribution is 2.30. The lowest BCUT2D eigenvalue weighted by molar-refractivity contribution is 0.0935. The van der Waals surface area contributed by atoms with Crippen LogP contribution in [0.5, 0.6) is 11.6 Å². The average Bonchev–Trinajstić information content (AvgIpc) is 3.10. The molecule has 0 radical (unpaired) electrons. The summed E-state index contributed by atoms with van der Waals surface area (Å²) in [4.78, 5) is 19.0. The van der Waals surface area contributed by atoms with Gasteiger partial charge in [-0.25, -0.2) is 4.98 Å². The van der Waals surface area contributed by atoms with Crippen LogP contribution in [0.1, 0.15) is 23.7 Å². The van der Waals surface area contributed by atoms with Crippen molar-refractivity contribution in [2.75, 3.05) is 31.7 Å². The molecule has 2 heterocycles. The maximum atomic E-state index is 12.6. The van der Waals surface area contributed by atoms with E-state index in [-0.39, 0.29) is 11.9 Å². The Morgan fingerprint density at radius 1 is 1.32 bits per heavy atom. The van der Waals surface area contributed by atoms with Crippen molar-refractivity contribution in [1.29, 1.82) is 0 Å². The first kappa shape index (κ1) is 17.1. The van der Waals surface area contributed by atoms with E-state index in [4.69, 9.17) is 9.47 Å². The summed E-state index contributed by atoms with van der Waals surface area (Å²) in [6.07, 6.45) is 2.51. The predicted octanol–water partition coefficient (Wildman–Crippen LogP) is 2.50. The number of ether oxygens (including phenoxy) is 2. The number of amides is 1. The van der Waals surface area contributed by atoms with Crippen LogP contribution in [0.15, 0.2) is 42.6 Å². The van der Waals surface area contributed by atoms with E-state index >= 15 is 0 Å². The van der Waals surface area contributed by atoms with Gasteiger partial charge in [0.15, 0.2) is 0 Å². The maximum absolute atomic E-state index is 12.6. The number of carbonyl (C=O) groups is 1. The average molecular weight is 341 g/mol. The minimum absolute atomic E-state index is 0.0760. The van der Waals surface area contributed by atoms with E-state index in [2.05, 4.69) is 15.2 Å². The molecule has 0 saturated carbocycles. The highest BCUT2D eigenvalue weighted by molar-refractivity contribution is 5.96. The molecule has 1 aliphatic heterocycles. The Kier molecular flexibility index (Phi) is 5.38. The third-order valence-corrected chi connectivity index (χ3v) is 4.25. The Morgan fingerprint density at radius 2 is 2.16 bits per heavy atom. The van der Waals surface area contributed by atoms with E-state index < -0.39 is 0 Å². The van der Waals surface area contributed by atoms with E-state index in [0.717, 1.165) is 30.9 Å². The zero-order valence-electron chi connectivity index (χ0n) is 14.6. The third-order valence-electron chi connectivity index (χ3n) is 4.25. The predicted molar refractivity (Wildman–Crippen MR) is 96.5 cm³/mol. The van der Waals surface area contributed by atoms with Crippen LogP contribution in [0.3, 0.4) is 0 Å². The van der Waals surface area contributed by atoms with Gasteiger partial charge < -0.3 is 19.7 Å². The molecule has 1 aromatic carbocycles. The van der Waals surface area contributed by atoms with Gasteiger partial charge in [-0.05, 0) is 37.6 Å². The molecule has 3 rings (SSSR count). The van der Waals surface area contributed by atoms with Crippen LogP contribution in [-0.2, 0) is 0 Å². The Morgan fingerprint density at radius 3 is 2.96 bits per heavy atom. The van der Waals surface area contributed by atoms with E-state index in [1.807, 2.05) is 31.2 Å². The second kappa shape index (κ2) is 7.88. The standard InChI is InChI=1S/C19H23N3O3/c1-3-25-19-15(7-6-11-20-19)18(23)21-14-10-12-22(13-14)16-8-4-5-9-17(16)24-2/h4-9,11,14H,3,10,12-13H2,1-2H3,(H,21,23). The first-order valence-corrected chi connectivity index (χ1v) is 8.49. The number of nitrogens with one attached hydrogen (secondary N) is 1. The molecule has 1 aliphatic rings. The SMILES string of the molecule is CCOc1ncccc1C(=O)NC1CCN(c2ccccc2OC)C1. The molecule has 1 amide bonds.